The third-order valence-electron chi connectivity index (χ3n) is 4.11. The Morgan fingerprint density at radius 2 is 0.852 bits per heavy atom. The van der Waals surface area contributed by atoms with Gasteiger partial charge in [-0.15, -0.1) is 34.0 Å². The quantitative estimate of drug-likeness (QED) is 0.409. The Balaban J connectivity index is 1.84. The average Bonchev–Trinajstić information content (AvgIpc) is 3.29. The van der Waals surface area contributed by atoms with E-state index in [0.717, 1.165) is 29.3 Å². The fourth-order valence-corrected chi connectivity index (χ4v) is 6.03. The molecule has 142 valence electrons. The van der Waals surface area contributed by atoms with Crippen LogP contribution in [-0.4, -0.2) is 11.6 Å². The van der Waals surface area contributed by atoms with E-state index in [1.165, 1.54) is 0 Å². The van der Waals surface area contributed by atoms with Crippen molar-refractivity contribution in [1.29, 1.82) is 0 Å². The maximum absolute atomic E-state index is 12.5. The van der Waals surface area contributed by atoms with Gasteiger partial charge in [-0.3, -0.25) is 9.59 Å². The molecule has 0 bridgehead atoms. The van der Waals surface area contributed by atoms with E-state index in [1.807, 2.05) is 65.8 Å². The first-order chi connectivity index (χ1) is 12.5. The minimum Gasteiger partial charge on any atom is -0.293 e. The average molecular weight is 417 g/mol. The van der Waals surface area contributed by atoms with E-state index in [0.29, 0.717) is 0 Å². The number of hydrogen-bond acceptors (Lipinski definition) is 5. The van der Waals surface area contributed by atoms with Crippen molar-refractivity contribution in [2.24, 2.45) is 10.8 Å². The van der Waals surface area contributed by atoms with Crippen molar-refractivity contribution < 1.29 is 9.59 Å². The molecule has 0 atom stereocenters. The molecule has 2 nitrogen and oxygen atoms in total. The lowest BCUT2D eigenvalue weighted by atomic mass is 9.90. The third kappa shape index (κ3) is 4.31. The summed E-state index contributed by atoms with van der Waals surface area (Å²) in [6, 6.07) is 12.1. The maximum Gasteiger partial charge on any atom is 0.178 e. The highest BCUT2D eigenvalue weighted by Crippen LogP contribution is 2.41. The minimum atomic E-state index is -0.365. The lowest BCUT2D eigenvalue weighted by molar-refractivity contribution is 0.0857. The zero-order chi connectivity index (χ0) is 20.0. The van der Waals surface area contributed by atoms with E-state index < -0.39 is 0 Å². The van der Waals surface area contributed by atoms with Gasteiger partial charge in [0, 0.05) is 30.3 Å². The van der Waals surface area contributed by atoms with Crippen molar-refractivity contribution >= 4 is 45.6 Å². The van der Waals surface area contributed by atoms with Gasteiger partial charge < -0.3 is 0 Å². The maximum atomic E-state index is 12.5. The highest BCUT2D eigenvalue weighted by molar-refractivity contribution is 7.27. The lowest BCUT2D eigenvalue weighted by Gasteiger charge is -2.14. The van der Waals surface area contributed by atoms with Crippen LogP contribution in [0.2, 0.25) is 0 Å². The van der Waals surface area contributed by atoms with Gasteiger partial charge >= 0.3 is 0 Å². The van der Waals surface area contributed by atoms with Crippen LogP contribution in [0.15, 0.2) is 36.4 Å². The van der Waals surface area contributed by atoms with Crippen LogP contribution >= 0.6 is 34.0 Å². The van der Waals surface area contributed by atoms with Gasteiger partial charge in [0.15, 0.2) is 11.6 Å². The molecule has 0 fully saturated rings. The van der Waals surface area contributed by atoms with Crippen molar-refractivity contribution in [3.63, 3.8) is 0 Å². The normalized spacial score (nSPS) is 12.4. The fraction of sp³-hybridized carbons (Fsp3) is 0.364. The van der Waals surface area contributed by atoms with Gasteiger partial charge in [-0.2, -0.15) is 0 Å². The molecule has 0 amide bonds. The zero-order valence-corrected chi connectivity index (χ0v) is 19.0. The molecule has 0 aliphatic carbocycles. The second kappa shape index (κ2) is 7.12. The molecule has 0 N–H and O–H groups in total. The van der Waals surface area contributed by atoms with Crippen LogP contribution in [0.25, 0.3) is 19.5 Å². The zero-order valence-electron chi connectivity index (χ0n) is 16.5. The van der Waals surface area contributed by atoms with Crippen LogP contribution < -0.4 is 0 Å². The van der Waals surface area contributed by atoms with Crippen molar-refractivity contribution in [3.05, 3.63) is 46.2 Å². The van der Waals surface area contributed by atoms with Crippen LogP contribution in [0.5, 0.6) is 0 Å². The molecule has 0 saturated carbocycles. The van der Waals surface area contributed by atoms with Crippen molar-refractivity contribution in [2.75, 3.05) is 0 Å². The molecule has 0 spiro atoms. The largest absolute Gasteiger partial charge is 0.293 e. The topological polar surface area (TPSA) is 34.1 Å². The molecule has 0 unspecified atom stereocenters. The predicted octanol–water partition coefficient (Wildman–Crippen LogP) is 7.66. The number of hydrogen-bond donors (Lipinski definition) is 0. The molecule has 0 saturated heterocycles. The van der Waals surface area contributed by atoms with E-state index in [9.17, 15) is 9.59 Å². The summed E-state index contributed by atoms with van der Waals surface area (Å²) in [7, 11) is 0. The summed E-state index contributed by atoms with van der Waals surface area (Å²) in [5.41, 5.74) is -0.731. The molecule has 0 radical (unpaired) electrons. The molecule has 0 aliphatic heterocycles. The number of Topliss-reactive ketones (excluding diaryl/α,β-unsaturated/α-hetero) is 2. The standard InChI is InChI=1S/C22H24O2S3/c1-21(2,3)19(23)17-11-9-15(26-17)13-7-8-14(25-13)16-10-12-18(27-16)20(24)22(4,5)6/h7-12H,1-6H3. The summed E-state index contributed by atoms with van der Waals surface area (Å²) in [6.07, 6.45) is 0. The number of carbonyl (C=O) groups excluding carboxylic acids is 2. The van der Waals surface area contributed by atoms with Gasteiger partial charge in [0.25, 0.3) is 0 Å². The molecule has 0 aromatic carbocycles. The molecule has 3 aromatic rings. The van der Waals surface area contributed by atoms with Crippen LogP contribution in [0.1, 0.15) is 60.9 Å². The highest BCUT2D eigenvalue weighted by atomic mass is 32.1. The van der Waals surface area contributed by atoms with Gasteiger partial charge in [0.1, 0.15) is 0 Å². The van der Waals surface area contributed by atoms with Crippen LogP contribution in [-0.2, 0) is 0 Å². The van der Waals surface area contributed by atoms with E-state index in [2.05, 4.69) is 12.1 Å². The number of rotatable bonds is 4. The lowest BCUT2D eigenvalue weighted by Crippen LogP contribution is -2.18. The molecular formula is C22H24O2S3. The Labute approximate surface area is 172 Å². The van der Waals surface area contributed by atoms with Gasteiger partial charge in [-0.1, -0.05) is 41.5 Å². The molecular weight excluding hydrogens is 392 g/mol. The number of ketones is 2. The summed E-state index contributed by atoms with van der Waals surface area (Å²) in [5, 5.41) is 0. The summed E-state index contributed by atoms with van der Waals surface area (Å²) in [6.45, 7) is 11.7. The van der Waals surface area contributed by atoms with Gasteiger partial charge in [-0.25, -0.2) is 0 Å². The molecule has 0 aliphatic rings. The Kier molecular flexibility index (Phi) is 5.32. The van der Waals surface area contributed by atoms with Crippen LogP contribution in [0.4, 0.5) is 0 Å². The SMILES string of the molecule is CC(C)(C)C(=O)c1ccc(-c2ccc(-c3ccc(C(=O)C(C)(C)C)s3)s2)s1. The van der Waals surface area contributed by atoms with Gasteiger partial charge in [-0.05, 0) is 36.4 Å². The summed E-state index contributed by atoms with van der Waals surface area (Å²) < 4.78 is 0. The first-order valence-corrected chi connectivity index (χ1v) is 11.3. The Hall–Kier alpha value is -1.56. The van der Waals surface area contributed by atoms with Crippen molar-refractivity contribution in [2.45, 2.75) is 41.5 Å². The monoisotopic (exact) mass is 416 g/mol. The Morgan fingerprint density at radius 3 is 1.19 bits per heavy atom. The predicted molar refractivity (Wildman–Crippen MR) is 119 cm³/mol. The number of carbonyl (C=O) groups is 2. The summed E-state index contributed by atoms with van der Waals surface area (Å²) in [4.78, 5) is 31.1. The third-order valence-corrected chi connectivity index (χ3v) is 7.76. The molecule has 3 heterocycles. The number of thiophene rings is 3. The molecule has 27 heavy (non-hydrogen) atoms. The van der Waals surface area contributed by atoms with E-state index in [4.69, 9.17) is 0 Å². The van der Waals surface area contributed by atoms with Crippen LogP contribution in [0, 0.1) is 10.8 Å². The van der Waals surface area contributed by atoms with Crippen molar-refractivity contribution in [1.82, 2.24) is 0 Å². The smallest absolute Gasteiger partial charge is 0.178 e. The second-order valence-corrected chi connectivity index (χ2v) is 11.9. The minimum absolute atomic E-state index is 0.180. The summed E-state index contributed by atoms with van der Waals surface area (Å²) >= 11 is 4.81. The molecule has 5 heteroatoms. The molecule has 3 rings (SSSR count). The Morgan fingerprint density at radius 1 is 0.556 bits per heavy atom. The van der Waals surface area contributed by atoms with E-state index in [-0.39, 0.29) is 22.4 Å². The highest BCUT2D eigenvalue weighted by Gasteiger charge is 2.26. The van der Waals surface area contributed by atoms with E-state index in [1.54, 1.807) is 34.0 Å². The fourth-order valence-electron chi connectivity index (χ4n) is 2.53. The van der Waals surface area contributed by atoms with Gasteiger partial charge in [0.2, 0.25) is 0 Å². The van der Waals surface area contributed by atoms with E-state index >= 15 is 0 Å². The second-order valence-electron chi connectivity index (χ2n) is 8.65. The summed E-state index contributed by atoms with van der Waals surface area (Å²) in [5.74, 6) is 0.359. The first kappa shape index (κ1) is 20.2. The van der Waals surface area contributed by atoms with Gasteiger partial charge in [0.05, 0.1) is 9.75 Å². The molecule has 3 aromatic heterocycles. The van der Waals surface area contributed by atoms with Crippen LogP contribution in [0.3, 0.4) is 0 Å². The first-order valence-electron chi connectivity index (χ1n) is 8.87. The Bertz CT molecular complexity index is 909. The van der Waals surface area contributed by atoms with Crippen molar-refractivity contribution in [3.8, 4) is 19.5 Å².